The number of hydrogen-bond acceptors (Lipinski definition) is 5. The number of benzene rings is 2. The molecule has 0 unspecified atom stereocenters. The number of nitrogens with zero attached hydrogens (tertiary/aromatic N) is 1. The number of sulfonamides is 1. The van der Waals surface area contributed by atoms with Crippen LogP contribution in [-0.2, 0) is 14.8 Å². The van der Waals surface area contributed by atoms with Crippen molar-refractivity contribution >= 4 is 33.4 Å². The van der Waals surface area contributed by atoms with Gasteiger partial charge in [0.15, 0.2) is 0 Å². The Morgan fingerprint density at radius 3 is 2.21 bits per heavy atom. The van der Waals surface area contributed by atoms with Gasteiger partial charge >= 0.3 is 0 Å². The lowest BCUT2D eigenvalue weighted by Crippen LogP contribution is -2.41. The van der Waals surface area contributed by atoms with Crippen LogP contribution in [0.15, 0.2) is 58.3 Å². The van der Waals surface area contributed by atoms with Gasteiger partial charge in [0.2, 0.25) is 15.9 Å². The molecule has 0 radical (unpaired) electrons. The van der Waals surface area contributed by atoms with Crippen molar-refractivity contribution in [2.75, 3.05) is 31.8 Å². The number of thioether (sulfide) groups is 1. The van der Waals surface area contributed by atoms with Gasteiger partial charge in [-0.1, -0.05) is 0 Å². The Hall–Kier alpha value is -2.03. The summed E-state index contributed by atoms with van der Waals surface area (Å²) in [6.07, 6.45) is 3.01. The Morgan fingerprint density at radius 1 is 1.07 bits per heavy atom. The second kappa shape index (κ2) is 8.98. The summed E-state index contributed by atoms with van der Waals surface area (Å²) in [5.41, 5.74) is 0.760. The minimum Gasteiger partial charge on any atom is -0.497 e. The minimum atomic E-state index is -3.56. The molecule has 150 valence electrons. The van der Waals surface area contributed by atoms with Crippen LogP contribution in [0, 0.1) is 5.92 Å². The van der Waals surface area contributed by atoms with E-state index in [4.69, 9.17) is 4.74 Å². The zero-order valence-electron chi connectivity index (χ0n) is 15.9. The fourth-order valence-electron chi connectivity index (χ4n) is 3.17. The zero-order valence-corrected chi connectivity index (χ0v) is 17.6. The van der Waals surface area contributed by atoms with Crippen molar-refractivity contribution in [3.63, 3.8) is 0 Å². The molecule has 1 aliphatic rings. The van der Waals surface area contributed by atoms with Gasteiger partial charge < -0.3 is 10.1 Å². The summed E-state index contributed by atoms with van der Waals surface area (Å²) >= 11 is 1.65. The Bertz CT molecular complexity index is 904. The van der Waals surface area contributed by atoms with Crippen molar-refractivity contribution in [3.05, 3.63) is 48.5 Å². The molecule has 0 aliphatic carbocycles. The molecular weight excluding hydrogens is 396 g/mol. The summed E-state index contributed by atoms with van der Waals surface area (Å²) in [5, 5.41) is 2.93. The lowest BCUT2D eigenvalue weighted by molar-refractivity contribution is -0.120. The second-order valence-corrected chi connectivity index (χ2v) is 9.39. The van der Waals surface area contributed by atoms with E-state index in [1.807, 2.05) is 30.5 Å². The van der Waals surface area contributed by atoms with Crippen molar-refractivity contribution < 1.29 is 17.9 Å². The third-order valence-corrected chi connectivity index (χ3v) is 7.54. The molecule has 8 heteroatoms. The number of piperidine rings is 1. The average molecular weight is 421 g/mol. The number of carbonyl (C=O) groups excluding carboxylic acids is 1. The smallest absolute Gasteiger partial charge is 0.243 e. The van der Waals surface area contributed by atoms with E-state index in [2.05, 4.69) is 5.32 Å². The first-order valence-electron chi connectivity index (χ1n) is 9.03. The van der Waals surface area contributed by atoms with Crippen LogP contribution in [0.5, 0.6) is 5.75 Å². The van der Waals surface area contributed by atoms with Gasteiger partial charge in [-0.25, -0.2) is 8.42 Å². The lowest BCUT2D eigenvalue weighted by atomic mass is 9.97. The van der Waals surface area contributed by atoms with E-state index in [0.29, 0.717) is 31.7 Å². The summed E-state index contributed by atoms with van der Waals surface area (Å²) < 4.78 is 32.1. The standard InChI is InChI=1S/C20H24N2O4S2/c1-26-17-5-9-19(10-6-17)28(24,25)22-13-11-15(12-14-22)20(23)21-16-3-7-18(27-2)8-4-16/h3-10,15H,11-14H2,1-2H3,(H,21,23). The Kier molecular flexibility index (Phi) is 6.64. The third-order valence-electron chi connectivity index (χ3n) is 4.88. The van der Waals surface area contributed by atoms with Crippen molar-refractivity contribution in [3.8, 4) is 5.75 Å². The summed E-state index contributed by atoms with van der Waals surface area (Å²) in [6.45, 7) is 0.662. The van der Waals surface area contributed by atoms with E-state index in [0.717, 1.165) is 10.6 Å². The number of hydrogen-bond donors (Lipinski definition) is 1. The predicted octanol–water partition coefficient (Wildman–Crippen LogP) is 3.46. The fraction of sp³-hybridized carbons (Fsp3) is 0.350. The number of amides is 1. The van der Waals surface area contributed by atoms with Crippen LogP contribution >= 0.6 is 11.8 Å². The molecule has 1 aliphatic heterocycles. The quantitative estimate of drug-likeness (QED) is 0.725. The van der Waals surface area contributed by atoms with E-state index in [-0.39, 0.29) is 16.7 Å². The maximum Gasteiger partial charge on any atom is 0.243 e. The van der Waals surface area contributed by atoms with E-state index < -0.39 is 10.0 Å². The average Bonchev–Trinajstić information content (AvgIpc) is 2.74. The molecule has 3 rings (SSSR count). The van der Waals surface area contributed by atoms with Crippen LogP contribution < -0.4 is 10.1 Å². The van der Waals surface area contributed by atoms with Gasteiger partial charge in [0.25, 0.3) is 0 Å². The largest absolute Gasteiger partial charge is 0.497 e. The maximum absolute atomic E-state index is 12.8. The number of ether oxygens (including phenoxy) is 1. The van der Waals surface area contributed by atoms with Crippen LogP contribution in [0.2, 0.25) is 0 Å². The summed E-state index contributed by atoms with van der Waals surface area (Å²) in [5.74, 6) is 0.362. The first kappa shape index (κ1) is 20.7. The summed E-state index contributed by atoms with van der Waals surface area (Å²) in [4.78, 5) is 13.9. The second-order valence-electron chi connectivity index (χ2n) is 6.57. The molecule has 0 spiro atoms. The van der Waals surface area contributed by atoms with Gasteiger partial charge in [-0.3, -0.25) is 4.79 Å². The van der Waals surface area contributed by atoms with Gasteiger partial charge in [-0.15, -0.1) is 11.8 Å². The Morgan fingerprint density at radius 2 is 1.68 bits per heavy atom. The highest BCUT2D eigenvalue weighted by molar-refractivity contribution is 7.98. The molecule has 2 aromatic rings. The van der Waals surface area contributed by atoms with Crippen LogP contribution in [0.3, 0.4) is 0 Å². The number of rotatable bonds is 6. The SMILES string of the molecule is COc1ccc(S(=O)(=O)N2CCC(C(=O)Nc3ccc(SC)cc3)CC2)cc1. The molecular formula is C20H24N2O4S2. The molecule has 0 atom stereocenters. The highest BCUT2D eigenvalue weighted by Gasteiger charge is 2.32. The van der Waals surface area contributed by atoms with Crippen LogP contribution in [0.1, 0.15) is 12.8 Å². The van der Waals surface area contributed by atoms with Crippen molar-refractivity contribution in [1.29, 1.82) is 0 Å². The fourth-order valence-corrected chi connectivity index (χ4v) is 5.05. The van der Waals surface area contributed by atoms with Crippen molar-refractivity contribution in [2.24, 2.45) is 5.92 Å². The molecule has 0 bridgehead atoms. The van der Waals surface area contributed by atoms with Gasteiger partial charge in [-0.05, 0) is 67.6 Å². The van der Waals surface area contributed by atoms with Crippen molar-refractivity contribution in [2.45, 2.75) is 22.6 Å². The molecule has 2 aromatic carbocycles. The molecule has 0 saturated carbocycles. The minimum absolute atomic E-state index is 0.0570. The number of methoxy groups -OCH3 is 1. The zero-order chi connectivity index (χ0) is 20.1. The molecule has 0 aromatic heterocycles. The molecule has 6 nitrogen and oxygen atoms in total. The molecule has 1 fully saturated rings. The molecule has 28 heavy (non-hydrogen) atoms. The summed E-state index contributed by atoms with van der Waals surface area (Å²) in [6, 6.07) is 14.1. The monoisotopic (exact) mass is 420 g/mol. The van der Waals surface area contributed by atoms with E-state index in [1.165, 1.54) is 11.4 Å². The van der Waals surface area contributed by atoms with Gasteiger partial charge in [0, 0.05) is 29.6 Å². The van der Waals surface area contributed by atoms with Gasteiger partial charge in [0.1, 0.15) is 5.75 Å². The molecule has 1 amide bonds. The van der Waals surface area contributed by atoms with Crippen molar-refractivity contribution in [1.82, 2.24) is 4.31 Å². The first-order valence-corrected chi connectivity index (χ1v) is 11.7. The van der Waals surface area contributed by atoms with E-state index in [9.17, 15) is 13.2 Å². The van der Waals surface area contributed by atoms with Gasteiger partial charge in [0.05, 0.1) is 12.0 Å². The van der Waals surface area contributed by atoms with Crippen LogP contribution in [0.25, 0.3) is 0 Å². The topological polar surface area (TPSA) is 75.7 Å². The third kappa shape index (κ3) is 4.68. The molecule has 1 saturated heterocycles. The molecule has 1 heterocycles. The highest BCUT2D eigenvalue weighted by Crippen LogP contribution is 2.26. The molecule has 1 N–H and O–H groups in total. The Balaban J connectivity index is 1.58. The highest BCUT2D eigenvalue weighted by atomic mass is 32.2. The lowest BCUT2D eigenvalue weighted by Gasteiger charge is -2.30. The van der Waals surface area contributed by atoms with Crippen LogP contribution in [0.4, 0.5) is 5.69 Å². The first-order chi connectivity index (χ1) is 13.4. The number of anilines is 1. The summed E-state index contributed by atoms with van der Waals surface area (Å²) in [7, 11) is -2.02. The van der Waals surface area contributed by atoms with E-state index in [1.54, 1.807) is 36.0 Å². The van der Waals surface area contributed by atoms with E-state index >= 15 is 0 Å². The maximum atomic E-state index is 12.8. The predicted molar refractivity (Wildman–Crippen MR) is 111 cm³/mol. The number of nitrogens with one attached hydrogen (secondary N) is 1. The Labute approximate surface area is 170 Å². The van der Waals surface area contributed by atoms with Gasteiger partial charge in [-0.2, -0.15) is 4.31 Å². The van der Waals surface area contributed by atoms with Crippen LogP contribution in [-0.4, -0.2) is 45.1 Å². The normalized spacial score (nSPS) is 15.9. The number of carbonyl (C=O) groups is 1.